The van der Waals surface area contributed by atoms with Crippen LogP contribution in [-0.2, 0) is 26.2 Å². The number of rotatable bonds is 6. The highest BCUT2D eigenvalue weighted by atomic mass is 35.5. The molecule has 0 aromatic heterocycles. The number of aryl methyl sites for hydroxylation is 1. The number of amides is 1. The fourth-order valence-corrected chi connectivity index (χ4v) is 5.90. The third-order valence-electron chi connectivity index (χ3n) is 8.06. The van der Waals surface area contributed by atoms with Crippen molar-refractivity contribution in [3.63, 3.8) is 0 Å². The average Bonchev–Trinajstić information content (AvgIpc) is 2.73. The summed E-state index contributed by atoms with van der Waals surface area (Å²) in [5, 5.41) is 10.1. The Bertz CT molecular complexity index is 969. The molecule has 1 atom stereocenters. The SMILES string of the molecule is CC(C)(C)CCc1ccc([C@@]2(C)CC(=O)N(C3CC(C(=O)O)C3)C=C2C2CCOCC2)cc1Cl. The van der Waals surface area contributed by atoms with Gasteiger partial charge in [0.25, 0.3) is 0 Å². The second kappa shape index (κ2) is 9.66. The van der Waals surface area contributed by atoms with E-state index in [0.717, 1.165) is 55.0 Å². The van der Waals surface area contributed by atoms with E-state index in [4.69, 9.17) is 16.3 Å². The molecule has 6 heteroatoms. The number of carboxylic acids is 1. The standard InChI is InChI=1S/C28H38ClNO4/c1-27(2,3)10-7-19-5-6-21(15-24(19)29)28(4)16-25(31)30(22-13-20(14-22)26(32)33)17-23(28)18-8-11-34-12-9-18/h5-6,15,17-18,20,22H,7-14,16H2,1-4H3,(H,32,33)/t20?,22?,28-/m1/s1. The molecule has 0 spiro atoms. The zero-order valence-corrected chi connectivity index (χ0v) is 21.7. The van der Waals surface area contributed by atoms with Crippen molar-refractivity contribution in [3.8, 4) is 0 Å². The maximum absolute atomic E-state index is 13.4. The number of hydrogen-bond acceptors (Lipinski definition) is 3. The van der Waals surface area contributed by atoms with Gasteiger partial charge in [-0.25, -0.2) is 0 Å². The van der Waals surface area contributed by atoms with E-state index >= 15 is 0 Å². The van der Waals surface area contributed by atoms with E-state index in [2.05, 4.69) is 52.1 Å². The number of carbonyl (C=O) groups excluding carboxylic acids is 1. The lowest BCUT2D eigenvalue weighted by Gasteiger charge is -2.48. The van der Waals surface area contributed by atoms with Crippen molar-refractivity contribution in [1.82, 2.24) is 4.90 Å². The van der Waals surface area contributed by atoms with E-state index in [-0.39, 0.29) is 23.3 Å². The van der Waals surface area contributed by atoms with E-state index in [9.17, 15) is 14.7 Å². The Balaban J connectivity index is 1.64. The summed E-state index contributed by atoms with van der Waals surface area (Å²) in [6, 6.07) is 6.34. The van der Waals surface area contributed by atoms with Gasteiger partial charge in [0.1, 0.15) is 0 Å². The maximum Gasteiger partial charge on any atom is 0.306 e. The topological polar surface area (TPSA) is 66.8 Å². The van der Waals surface area contributed by atoms with Gasteiger partial charge in [-0.3, -0.25) is 9.59 Å². The van der Waals surface area contributed by atoms with E-state index < -0.39 is 11.4 Å². The molecule has 2 fully saturated rings. The minimum atomic E-state index is -0.764. The Morgan fingerprint density at radius 3 is 2.50 bits per heavy atom. The van der Waals surface area contributed by atoms with Gasteiger partial charge in [-0.1, -0.05) is 51.4 Å². The highest BCUT2D eigenvalue weighted by Gasteiger charge is 2.47. The molecule has 0 radical (unpaired) electrons. The molecular weight excluding hydrogens is 450 g/mol. The number of benzene rings is 1. The molecule has 1 aromatic rings. The van der Waals surface area contributed by atoms with Crippen molar-refractivity contribution in [1.29, 1.82) is 0 Å². The van der Waals surface area contributed by atoms with Crippen molar-refractivity contribution in [2.24, 2.45) is 17.3 Å². The predicted molar refractivity (Wildman–Crippen MR) is 134 cm³/mol. The summed E-state index contributed by atoms with van der Waals surface area (Å²) in [7, 11) is 0. The van der Waals surface area contributed by atoms with Crippen LogP contribution in [0.1, 0.15) is 77.3 Å². The van der Waals surface area contributed by atoms with Gasteiger partial charge in [-0.05, 0) is 72.6 Å². The largest absolute Gasteiger partial charge is 0.481 e. The molecule has 1 saturated carbocycles. The number of ether oxygens (including phenoxy) is 1. The summed E-state index contributed by atoms with van der Waals surface area (Å²) in [5.41, 5.74) is 3.30. The molecule has 4 rings (SSSR count). The van der Waals surface area contributed by atoms with Gasteiger partial charge in [0.2, 0.25) is 5.91 Å². The Kier molecular flexibility index (Phi) is 7.17. The Morgan fingerprint density at radius 2 is 1.91 bits per heavy atom. The number of halogens is 1. The lowest BCUT2D eigenvalue weighted by atomic mass is 9.65. The summed E-state index contributed by atoms with van der Waals surface area (Å²) in [6.07, 6.45) is 7.36. The molecule has 2 heterocycles. The van der Waals surface area contributed by atoms with Crippen LogP contribution < -0.4 is 0 Å². The summed E-state index contributed by atoms with van der Waals surface area (Å²) < 4.78 is 5.63. The van der Waals surface area contributed by atoms with Gasteiger partial charge < -0.3 is 14.7 Å². The molecular formula is C28H38ClNO4. The maximum atomic E-state index is 13.4. The van der Waals surface area contributed by atoms with Crippen LogP contribution in [0.4, 0.5) is 0 Å². The second-order valence-corrected chi connectivity index (χ2v) is 12.2. The molecule has 0 unspecified atom stereocenters. The van der Waals surface area contributed by atoms with Crippen LogP contribution in [0.25, 0.3) is 0 Å². The summed E-state index contributed by atoms with van der Waals surface area (Å²) in [5.74, 6) is -0.699. The van der Waals surface area contributed by atoms with Crippen molar-refractivity contribution < 1.29 is 19.4 Å². The highest BCUT2D eigenvalue weighted by molar-refractivity contribution is 6.31. The molecule has 186 valence electrons. The van der Waals surface area contributed by atoms with Gasteiger partial charge in [0, 0.05) is 42.3 Å². The van der Waals surface area contributed by atoms with Crippen LogP contribution in [0.2, 0.25) is 5.02 Å². The van der Waals surface area contributed by atoms with Crippen molar-refractivity contribution in [2.45, 2.75) is 84.1 Å². The first-order chi connectivity index (χ1) is 16.0. The molecule has 1 aromatic carbocycles. The summed E-state index contributed by atoms with van der Waals surface area (Å²) in [6.45, 7) is 10.3. The van der Waals surface area contributed by atoms with Crippen molar-refractivity contribution in [3.05, 3.63) is 46.1 Å². The molecule has 1 saturated heterocycles. The number of aliphatic carboxylic acids is 1. The highest BCUT2D eigenvalue weighted by Crippen LogP contribution is 2.48. The van der Waals surface area contributed by atoms with Crippen LogP contribution in [0.5, 0.6) is 0 Å². The molecule has 0 bridgehead atoms. The van der Waals surface area contributed by atoms with Gasteiger partial charge in [-0.15, -0.1) is 0 Å². The van der Waals surface area contributed by atoms with Crippen molar-refractivity contribution >= 4 is 23.5 Å². The van der Waals surface area contributed by atoms with Crippen LogP contribution >= 0.6 is 11.6 Å². The third-order valence-corrected chi connectivity index (χ3v) is 8.41. The Morgan fingerprint density at radius 1 is 1.24 bits per heavy atom. The lowest BCUT2D eigenvalue weighted by Crippen LogP contribution is -2.52. The fourth-order valence-electron chi connectivity index (χ4n) is 5.62. The van der Waals surface area contributed by atoms with Gasteiger partial charge in [0.05, 0.1) is 5.92 Å². The smallest absolute Gasteiger partial charge is 0.306 e. The van der Waals surface area contributed by atoms with Gasteiger partial charge in [0.15, 0.2) is 0 Å². The number of carboxylic acid groups (broad SMARTS) is 1. The van der Waals surface area contributed by atoms with Gasteiger partial charge >= 0.3 is 5.97 Å². The quantitative estimate of drug-likeness (QED) is 0.535. The zero-order valence-electron chi connectivity index (χ0n) is 20.9. The van der Waals surface area contributed by atoms with Crippen molar-refractivity contribution in [2.75, 3.05) is 13.2 Å². The number of nitrogens with zero attached hydrogens (tertiary/aromatic N) is 1. The molecule has 3 aliphatic rings. The number of hydrogen-bond donors (Lipinski definition) is 1. The normalized spacial score (nSPS) is 28.4. The van der Waals surface area contributed by atoms with E-state index in [0.29, 0.717) is 25.2 Å². The monoisotopic (exact) mass is 487 g/mol. The van der Waals surface area contributed by atoms with Crippen LogP contribution in [0.3, 0.4) is 0 Å². The fraction of sp³-hybridized carbons (Fsp3) is 0.643. The summed E-state index contributed by atoms with van der Waals surface area (Å²) in [4.78, 5) is 26.5. The van der Waals surface area contributed by atoms with Crippen LogP contribution in [-0.4, -0.2) is 41.1 Å². The first kappa shape index (κ1) is 25.2. The average molecular weight is 488 g/mol. The number of carbonyl (C=O) groups is 2. The third kappa shape index (κ3) is 5.21. The Hall–Kier alpha value is -1.85. The first-order valence-electron chi connectivity index (χ1n) is 12.6. The molecule has 34 heavy (non-hydrogen) atoms. The molecule has 5 nitrogen and oxygen atoms in total. The Labute approximate surface area is 208 Å². The van der Waals surface area contributed by atoms with Crippen LogP contribution in [0.15, 0.2) is 30.0 Å². The lowest BCUT2D eigenvalue weighted by molar-refractivity contribution is -0.150. The minimum absolute atomic E-state index is 0.0173. The molecule has 1 aliphatic carbocycles. The first-order valence-corrected chi connectivity index (χ1v) is 13.0. The predicted octanol–water partition coefficient (Wildman–Crippen LogP) is 5.98. The van der Waals surface area contributed by atoms with E-state index in [1.807, 2.05) is 4.90 Å². The molecule has 2 aliphatic heterocycles. The zero-order chi connectivity index (χ0) is 24.7. The number of allylic oxidation sites excluding steroid dienone is 1. The van der Waals surface area contributed by atoms with Gasteiger partial charge in [-0.2, -0.15) is 0 Å². The van der Waals surface area contributed by atoms with E-state index in [1.54, 1.807) is 0 Å². The molecule has 1 amide bonds. The second-order valence-electron chi connectivity index (χ2n) is 11.8. The molecule has 1 N–H and O–H groups in total. The summed E-state index contributed by atoms with van der Waals surface area (Å²) >= 11 is 6.78. The van der Waals surface area contributed by atoms with Crippen LogP contribution in [0, 0.1) is 17.3 Å². The van der Waals surface area contributed by atoms with E-state index in [1.165, 1.54) is 5.57 Å². The minimum Gasteiger partial charge on any atom is -0.481 e.